The Balaban J connectivity index is 0.00000280. The van der Waals surface area contributed by atoms with Crippen LogP contribution in [0.5, 0.6) is 0 Å². The number of piperazine rings is 1. The predicted molar refractivity (Wildman–Crippen MR) is 114 cm³/mol. The summed E-state index contributed by atoms with van der Waals surface area (Å²) < 4.78 is 1.66. The molecule has 2 saturated heterocycles. The predicted octanol–water partition coefficient (Wildman–Crippen LogP) is -0.796. The van der Waals surface area contributed by atoms with Gasteiger partial charge in [0.15, 0.2) is 5.96 Å². The molecule has 0 spiro atoms. The molecule has 0 bridgehead atoms. The lowest BCUT2D eigenvalue weighted by molar-refractivity contribution is -0.125. The molecule has 3 rings (SSSR count). The Kier molecular flexibility index (Phi) is 7.60. The number of carbonyl (C=O) groups is 3. The van der Waals surface area contributed by atoms with Gasteiger partial charge in [-0.3, -0.25) is 24.2 Å². The van der Waals surface area contributed by atoms with Crippen LogP contribution in [0.3, 0.4) is 0 Å². The molecule has 28 heavy (non-hydrogen) atoms. The molecular weight excluding hydrogens is 479 g/mol. The van der Waals surface area contributed by atoms with Crippen molar-refractivity contribution < 1.29 is 14.4 Å². The maximum atomic E-state index is 12.6. The van der Waals surface area contributed by atoms with E-state index in [1.165, 1.54) is 0 Å². The molecule has 1 aromatic heterocycles. The minimum absolute atomic E-state index is 0. The molecule has 0 saturated carbocycles. The highest BCUT2D eigenvalue weighted by Gasteiger charge is 2.29. The molecule has 2 N–H and O–H groups in total. The van der Waals surface area contributed by atoms with Crippen LogP contribution in [0.2, 0.25) is 0 Å². The summed E-state index contributed by atoms with van der Waals surface area (Å²) in [5.74, 6) is 0.318. The lowest BCUT2D eigenvalue weighted by atomic mass is 10.3. The average Bonchev–Trinajstić information content (AvgIpc) is 3.20. The van der Waals surface area contributed by atoms with E-state index in [1.54, 1.807) is 15.8 Å². The van der Waals surface area contributed by atoms with E-state index in [4.69, 9.17) is 0 Å². The fraction of sp³-hybridized carbons (Fsp3) is 0.562. The normalized spacial score (nSPS) is 17.7. The summed E-state index contributed by atoms with van der Waals surface area (Å²) in [6, 6.07) is -0.388. The number of aromatic nitrogens is 2. The SMILES string of the molecule is CCNC(=NCCN1C(=O)CNC1=O)N1CCN(c2cnn(C)c2)C(=O)C1.I. The Labute approximate surface area is 180 Å². The summed E-state index contributed by atoms with van der Waals surface area (Å²) in [7, 11) is 1.81. The average molecular weight is 504 g/mol. The quantitative estimate of drug-likeness (QED) is 0.235. The van der Waals surface area contributed by atoms with Gasteiger partial charge >= 0.3 is 6.03 Å². The van der Waals surface area contributed by atoms with Crippen molar-refractivity contribution in [3.63, 3.8) is 0 Å². The number of nitrogens with one attached hydrogen (secondary N) is 2. The molecule has 3 heterocycles. The number of hydrogen-bond acceptors (Lipinski definition) is 5. The largest absolute Gasteiger partial charge is 0.357 e. The molecule has 0 atom stereocenters. The smallest absolute Gasteiger partial charge is 0.324 e. The standard InChI is InChI=1S/C16H24N8O3.HI/c1-3-17-15(18-4-5-24-13(25)9-19-16(24)27)22-6-7-23(14(26)11-22)12-8-20-21(2)10-12;/h8,10H,3-7,9,11H2,1-2H3,(H,17,18)(H,19,27);1H. The first kappa shape index (κ1) is 21.9. The zero-order valence-electron chi connectivity index (χ0n) is 15.9. The van der Waals surface area contributed by atoms with Crippen molar-refractivity contribution in [3.8, 4) is 0 Å². The van der Waals surface area contributed by atoms with E-state index in [9.17, 15) is 14.4 Å². The van der Waals surface area contributed by atoms with Gasteiger partial charge in [0.05, 0.1) is 31.5 Å². The van der Waals surface area contributed by atoms with Gasteiger partial charge in [-0.25, -0.2) is 4.79 Å². The molecule has 0 aromatic carbocycles. The van der Waals surface area contributed by atoms with E-state index in [1.807, 2.05) is 25.1 Å². The van der Waals surface area contributed by atoms with Crippen molar-refractivity contribution in [2.75, 3.05) is 50.7 Å². The van der Waals surface area contributed by atoms with Gasteiger partial charge in [-0.15, -0.1) is 24.0 Å². The molecule has 1 aromatic rings. The van der Waals surface area contributed by atoms with Crippen LogP contribution in [0.25, 0.3) is 0 Å². The van der Waals surface area contributed by atoms with Gasteiger partial charge in [-0.2, -0.15) is 5.10 Å². The lowest BCUT2D eigenvalue weighted by Gasteiger charge is -2.35. The number of nitrogens with zero attached hydrogens (tertiary/aromatic N) is 6. The van der Waals surface area contributed by atoms with Gasteiger partial charge in [0, 0.05) is 32.9 Å². The minimum atomic E-state index is -0.388. The van der Waals surface area contributed by atoms with Gasteiger partial charge in [0.2, 0.25) is 11.8 Å². The maximum Gasteiger partial charge on any atom is 0.324 e. The Morgan fingerprint density at radius 3 is 2.64 bits per heavy atom. The Hall–Kier alpha value is -2.38. The fourth-order valence-corrected chi connectivity index (χ4v) is 3.04. The maximum absolute atomic E-state index is 12.6. The molecule has 12 heteroatoms. The third kappa shape index (κ3) is 4.91. The van der Waals surface area contributed by atoms with Crippen molar-refractivity contribution in [3.05, 3.63) is 12.4 Å². The van der Waals surface area contributed by atoms with Crippen LogP contribution < -0.4 is 15.5 Å². The number of urea groups is 1. The van der Waals surface area contributed by atoms with E-state index in [0.29, 0.717) is 25.6 Å². The second kappa shape index (κ2) is 9.71. The molecule has 11 nitrogen and oxygen atoms in total. The number of anilines is 1. The molecule has 4 amide bonds. The van der Waals surface area contributed by atoms with E-state index in [0.717, 1.165) is 10.6 Å². The number of aliphatic imine (C=N–C) groups is 1. The second-order valence-electron chi connectivity index (χ2n) is 6.28. The molecular formula is C16H25IN8O3. The highest BCUT2D eigenvalue weighted by Crippen LogP contribution is 2.16. The number of carbonyl (C=O) groups excluding carboxylic acids is 3. The molecule has 2 fully saturated rings. The number of rotatable bonds is 5. The topological polar surface area (TPSA) is 115 Å². The summed E-state index contributed by atoms with van der Waals surface area (Å²) in [5.41, 5.74) is 0.780. The van der Waals surface area contributed by atoms with Crippen molar-refractivity contribution >= 4 is 53.5 Å². The monoisotopic (exact) mass is 504 g/mol. The number of hydrogen-bond donors (Lipinski definition) is 2. The summed E-state index contributed by atoms with van der Waals surface area (Å²) in [6.45, 7) is 4.47. The third-order valence-electron chi connectivity index (χ3n) is 4.38. The first-order valence-electron chi connectivity index (χ1n) is 8.90. The number of amides is 4. The summed E-state index contributed by atoms with van der Waals surface area (Å²) in [5, 5.41) is 9.75. The Morgan fingerprint density at radius 1 is 1.29 bits per heavy atom. The molecule has 0 unspecified atom stereocenters. The van der Waals surface area contributed by atoms with Gasteiger partial charge < -0.3 is 20.4 Å². The summed E-state index contributed by atoms with van der Waals surface area (Å²) in [4.78, 5) is 44.9. The third-order valence-corrected chi connectivity index (χ3v) is 4.38. The van der Waals surface area contributed by atoms with Crippen molar-refractivity contribution in [1.82, 2.24) is 30.2 Å². The van der Waals surface area contributed by atoms with Crippen LogP contribution in [0, 0.1) is 0 Å². The number of guanidine groups is 1. The number of halogens is 1. The van der Waals surface area contributed by atoms with E-state index in [2.05, 4.69) is 20.7 Å². The van der Waals surface area contributed by atoms with Crippen LogP contribution in [0.4, 0.5) is 10.5 Å². The lowest BCUT2D eigenvalue weighted by Crippen LogP contribution is -2.55. The van der Waals surface area contributed by atoms with Gasteiger partial charge in [-0.1, -0.05) is 0 Å². The zero-order valence-corrected chi connectivity index (χ0v) is 18.3. The Morgan fingerprint density at radius 2 is 2.07 bits per heavy atom. The number of imide groups is 1. The molecule has 0 radical (unpaired) electrons. The molecule has 0 aliphatic carbocycles. The van der Waals surface area contributed by atoms with Crippen LogP contribution in [0.1, 0.15) is 6.92 Å². The zero-order chi connectivity index (χ0) is 19.4. The van der Waals surface area contributed by atoms with E-state index >= 15 is 0 Å². The van der Waals surface area contributed by atoms with Gasteiger partial charge in [-0.05, 0) is 6.92 Å². The first-order chi connectivity index (χ1) is 13.0. The van der Waals surface area contributed by atoms with Crippen LogP contribution in [-0.2, 0) is 16.6 Å². The summed E-state index contributed by atoms with van der Waals surface area (Å²) in [6.07, 6.45) is 3.48. The molecule has 2 aliphatic heterocycles. The summed E-state index contributed by atoms with van der Waals surface area (Å²) >= 11 is 0. The minimum Gasteiger partial charge on any atom is -0.357 e. The van der Waals surface area contributed by atoms with Crippen LogP contribution in [-0.4, -0.2) is 89.2 Å². The van der Waals surface area contributed by atoms with E-state index < -0.39 is 0 Å². The second-order valence-corrected chi connectivity index (χ2v) is 6.28. The van der Waals surface area contributed by atoms with Crippen molar-refractivity contribution in [1.29, 1.82) is 0 Å². The van der Waals surface area contributed by atoms with Crippen LogP contribution in [0.15, 0.2) is 17.4 Å². The van der Waals surface area contributed by atoms with Gasteiger partial charge in [0.25, 0.3) is 0 Å². The van der Waals surface area contributed by atoms with Crippen molar-refractivity contribution in [2.24, 2.45) is 12.0 Å². The van der Waals surface area contributed by atoms with Gasteiger partial charge in [0.1, 0.15) is 6.54 Å². The molecule has 154 valence electrons. The van der Waals surface area contributed by atoms with Crippen molar-refractivity contribution in [2.45, 2.75) is 6.92 Å². The number of aryl methyl sites for hydroxylation is 1. The van der Waals surface area contributed by atoms with Crippen LogP contribution >= 0.6 is 24.0 Å². The Bertz CT molecular complexity index is 749. The van der Waals surface area contributed by atoms with E-state index in [-0.39, 0.29) is 68.0 Å². The highest BCUT2D eigenvalue weighted by molar-refractivity contribution is 14.0. The highest BCUT2D eigenvalue weighted by atomic mass is 127. The molecule has 2 aliphatic rings. The fourth-order valence-electron chi connectivity index (χ4n) is 3.04. The first-order valence-corrected chi connectivity index (χ1v) is 8.90.